The lowest BCUT2D eigenvalue weighted by Gasteiger charge is -2.16. The van der Waals surface area contributed by atoms with E-state index >= 15 is 0 Å². The normalized spacial score (nSPS) is 16.5. The van der Waals surface area contributed by atoms with Crippen LogP contribution in [0.2, 0.25) is 0 Å². The molecule has 0 fully saturated rings. The third-order valence-electron chi connectivity index (χ3n) is 4.17. The van der Waals surface area contributed by atoms with Crippen LogP contribution >= 0.6 is 23.1 Å². The third-order valence-corrected chi connectivity index (χ3v) is 6.21. The van der Waals surface area contributed by atoms with Gasteiger partial charge in [0.25, 0.3) is 11.1 Å². The molecule has 0 saturated heterocycles. The number of aromatic nitrogens is 3. The molecule has 0 saturated carbocycles. The van der Waals surface area contributed by atoms with Crippen LogP contribution in [-0.4, -0.2) is 27.0 Å². The average Bonchev–Trinajstić information content (AvgIpc) is 3.32. The maximum Gasteiger partial charge on any atom is 0.277 e. The van der Waals surface area contributed by atoms with Gasteiger partial charge in [0.15, 0.2) is 5.82 Å². The zero-order chi connectivity index (χ0) is 18.1. The lowest BCUT2D eigenvalue weighted by molar-refractivity contribution is -0.113. The summed E-state index contributed by atoms with van der Waals surface area (Å²) in [6.07, 6.45) is 3.47. The molecule has 9 heteroatoms. The number of aryl methyl sites for hydroxylation is 2. The standard InChI is InChI=1S/C17H18N4O3S2/c1-9-3-4-12-11(5-9)7-13(26-12)16-19-20-17(23-16)25-8-15(22)18-14-6-10(2)24-21-14/h6-7,9H,3-5,8H2,1-2H3,(H,18,21,22)/t9-/m0/s1. The molecule has 3 heterocycles. The second-order valence-corrected chi connectivity index (χ2v) is 8.50. The fraction of sp³-hybridized carbons (Fsp3) is 0.412. The minimum Gasteiger partial charge on any atom is -0.410 e. The van der Waals surface area contributed by atoms with Gasteiger partial charge in [-0.3, -0.25) is 4.79 Å². The Morgan fingerprint density at radius 1 is 1.42 bits per heavy atom. The van der Waals surface area contributed by atoms with Gasteiger partial charge < -0.3 is 14.3 Å². The molecule has 0 radical (unpaired) electrons. The molecular formula is C17H18N4O3S2. The highest BCUT2D eigenvalue weighted by molar-refractivity contribution is 7.99. The third kappa shape index (κ3) is 3.83. The van der Waals surface area contributed by atoms with Crippen molar-refractivity contribution in [1.82, 2.24) is 15.4 Å². The Labute approximate surface area is 158 Å². The van der Waals surface area contributed by atoms with Crippen LogP contribution in [0.3, 0.4) is 0 Å². The largest absolute Gasteiger partial charge is 0.410 e. The van der Waals surface area contributed by atoms with E-state index < -0.39 is 0 Å². The lowest BCUT2D eigenvalue weighted by atomic mass is 9.90. The van der Waals surface area contributed by atoms with Gasteiger partial charge in [0.1, 0.15) is 5.76 Å². The molecule has 0 aromatic carbocycles. The summed E-state index contributed by atoms with van der Waals surface area (Å²) in [5, 5.41) is 14.9. The summed E-state index contributed by atoms with van der Waals surface area (Å²) in [4.78, 5) is 14.4. The van der Waals surface area contributed by atoms with Crippen LogP contribution in [0.1, 0.15) is 29.5 Å². The van der Waals surface area contributed by atoms with Crippen molar-refractivity contribution in [3.05, 3.63) is 28.3 Å². The molecule has 0 unspecified atom stereocenters. The van der Waals surface area contributed by atoms with Crippen molar-refractivity contribution in [3.8, 4) is 10.8 Å². The SMILES string of the molecule is Cc1cc(NC(=O)CSc2nnc(-c3cc4c(s3)CC[C@H](C)C4)o2)no1. The number of hydrogen-bond donors (Lipinski definition) is 1. The van der Waals surface area contributed by atoms with Gasteiger partial charge in [0, 0.05) is 10.9 Å². The summed E-state index contributed by atoms with van der Waals surface area (Å²) in [5.41, 5.74) is 1.40. The molecule has 1 N–H and O–H groups in total. The number of thioether (sulfide) groups is 1. The Hall–Kier alpha value is -2.13. The molecule has 4 rings (SSSR count). The molecule has 136 valence electrons. The van der Waals surface area contributed by atoms with Crippen LogP contribution in [0.25, 0.3) is 10.8 Å². The number of nitrogens with one attached hydrogen (secondary N) is 1. The molecule has 1 atom stereocenters. The van der Waals surface area contributed by atoms with E-state index in [2.05, 4.69) is 33.7 Å². The second-order valence-electron chi connectivity index (χ2n) is 6.44. The fourth-order valence-corrected chi connectivity index (χ4v) is 4.60. The smallest absolute Gasteiger partial charge is 0.277 e. The number of thiophene rings is 1. The van der Waals surface area contributed by atoms with Gasteiger partial charge in [0.05, 0.1) is 10.6 Å². The molecule has 0 bridgehead atoms. The molecule has 1 amide bonds. The Morgan fingerprint density at radius 3 is 3.12 bits per heavy atom. The van der Waals surface area contributed by atoms with Gasteiger partial charge in [-0.15, -0.1) is 21.5 Å². The molecule has 3 aromatic rings. The maximum absolute atomic E-state index is 11.9. The van der Waals surface area contributed by atoms with E-state index in [1.54, 1.807) is 24.3 Å². The van der Waals surface area contributed by atoms with Crippen molar-refractivity contribution in [2.45, 2.75) is 38.3 Å². The summed E-state index contributed by atoms with van der Waals surface area (Å²) in [6, 6.07) is 3.82. The topological polar surface area (TPSA) is 94.1 Å². The van der Waals surface area contributed by atoms with Gasteiger partial charge in [0.2, 0.25) is 5.91 Å². The van der Waals surface area contributed by atoms with Gasteiger partial charge in [-0.25, -0.2) is 0 Å². The van der Waals surface area contributed by atoms with E-state index in [1.165, 1.54) is 28.6 Å². The van der Waals surface area contributed by atoms with Crippen LogP contribution in [-0.2, 0) is 17.6 Å². The maximum atomic E-state index is 11.9. The van der Waals surface area contributed by atoms with Crippen LogP contribution in [0.4, 0.5) is 5.82 Å². The zero-order valence-corrected chi connectivity index (χ0v) is 16.1. The molecule has 26 heavy (non-hydrogen) atoms. The number of carbonyl (C=O) groups is 1. The first-order valence-electron chi connectivity index (χ1n) is 8.38. The first-order valence-corrected chi connectivity index (χ1v) is 10.2. The van der Waals surface area contributed by atoms with E-state index in [0.717, 1.165) is 23.6 Å². The summed E-state index contributed by atoms with van der Waals surface area (Å²) >= 11 is 2.93. The fourth-order valence-electron chi connectivity index (χ4n) is 2.91. The predicted octanol–water partition coefficient (Wildman–Crippen LogP) is 3.95. The van der Waals surface area contributed by atoms with Crippen molar-refractivity contribution in [1.29, 1.82) is 0 Å². The molecule has 1 aliphatic rings. The van der Waals surface area contributed by atoms with Crippen molar-refractivity contribution in [2.24, 2.45) is 5.92 Å². The summed E-state index contributed by atoms with van der Waals surface area (Å²) < 4.78 is 10.6. The van der Waals surface area contributed by atoms with E-state index in [1.807, 2.05) is 0 Å². The molecular weight excluding hydrogens is 372 g/mol. The van der Waals surface area contributed by atoms with Crippen LogP contribution in [0.5, 0.6) is 0 Å². The number of rotatable bonds is 5. The zero-order valence-electron chi connectivity index (χ0n) is 14.4. The number of anilines is 1. The molecule has 0 spiro atoms. The Morgan fingerprint density at radius 2 is 2.31 bits per heavy atom. The van der Waals surface area contributed by atoms with Crippen LogP contribution < -0.4 is 5.32 Å². The van der Waals surface area contributed by atoms with Gasteiger partial charge in [-0.2, -0.15) is 0 Å². The first-order chi connectivity index (χ1) is 12.6. The first kappa shape index (κ1) is 17.3. The predicted molar refractivity (Wildman–Crippen MR) is 99.4 cm³/mol. The van der Waals surface area contributed by atoms with Gasteiger partial charge in [-0.05, 0) is 43.7 Å². The highest BCUT2D eigenvalue weighted by Gasteiger charge is 2.21. The quantitative estimate of drug-likeness (QED) is 0.659. The monoisotopic (exact) mass is 390 g/mol. The average molecular weight is 390 g/mol. The highest BCUT2D eigenvalue weighted by Crippen LogP contribution is 2.37. The van der Waals surface area contributed by atoms with E-state index in [0.29, 0.717) is 22.7 Å². The summed E-state index contributed by atoms with van der Waals surface area (Å²) in [5.74, 6) is 2.24. The van der Waals surface area contributed by atoms with Gasteiger partial charge >= 0.3 is 0 Å². The molecule has 3 aromatic heterocycles. The number of carbonyl (C=O) groups excluding carboxylic acids is 1. The van der Waals surface area contributed by atoms with Crippen LogP contribution in [0, 0.1) is 12.8 Å². The highest BCUT2D eigenvalue weighted by atomic mass is 32.2. The molecule has 0 aliphatic heterocycles. The van der Waals surface area contributed by atoms with E-state index in [4.69, 9.17) is 8.94 Å². The van der Waals surface area contributed by atoms with Crippen molar-refractivity contribution >= 4 is 34.8 Å². The Kier molecular flexibility index (Phi) is 4.82. The number of fused-ring (bicyclic) bond motifs is 1. The second kappa shape index (κ2) is 7.24. The lowest BCUT2D eigenvalue weighted by Crippen LogP contribution is -2.14. The number of hydrogen-bond acceptors (Lipinski definition) is 8. The molecule has 7 nitrogen and oxygen atoms in total. The Balaban J connectivity index is 1.37. The molecule has 1 aliphatic carbocycles. The van der Waals surface area contributed by atoms with Crippen LogP contribution in [0.15, 0.2) is 26.3 Å². The van der Waals surface area contributed by atoms with Gasteiger partial charge in [-0.1, -0.05) is 23.8 Å². The summed E-state index contributed by atoms with van der Waals surface area (Å²) in [7, 11) is 0. The van der Waals surface area contributed by atoms with Crippen molar-refractivity contribution in [3.63, 3.8) is 0 Å². The minimum absolute atomic E-state index is 0.159. The summed E-state index contributed by atoms with van der Waals surface area (Å²) in [6.45, 7) is 4.05. The van der Waals surface area contributed by atoms with E-state index in [9.17, 15) is 4.79 Å². The van der Waals surface area contributed by atoms with Crippen molar-refractivity contribution < 1.29 is 13.7 Å². The Bertz CT molecular complexity index is 930. The van der Waals surface area contributed by atoms with Crippen molar-refractivity contribution in [2.75, 3.05) is 11.1 Å². The number of amides is 1. The minimum atomic E-state index is -0.205. The van der Waals surface area contributed by atoms with E-state index in [-0.39, 0.29) is 11.7 Å². The number of nitrogens with zero attached hydrogens (tertiary/aromatic N) is 3.